The number of anilines is 2. The van der Waals surface area contributed by atoms with E-state index in [1.54, 1.807) is 18.2 Å². The van der Waals surface area contributed by atoms with Gasteiger partial charge in [0.1, 0.15) is 0 Å². The summed E-state index contributed by atoms with van der Waals surface area (Å²) in [4.78, 5) is 26.9. The molecule has 0 aromatic heterocycles. The molecule has 3 aliphatic rings. The first-order valence-corrected chi connectivity index (χ1v) is 8.84. The van der Waals surface area contributed by atoms with Gasteiger partial charge in [0, 0.05) is 29.4 Å². The Morgan fingerprint density at radius 2 is 1.88 bits per heavy atom. The van der Waals surface area contributed by atoms with Crippen LogP contribution in [0.15, 0.2) is 36.4 Å². The van der Waals surface area contributed by atoms with Crippen LogP contribution >= 0.6 is 0 Å². The molecule has 0 bridgehead atoms. The first kappa shape index (κ1) is 15.3. The molecule has 2 aliphatic heterocycles. The van der Waals surface area contributed by atoms with Crippen molar-refractivity contribution >= 4 is 23.2 Å². The molecule has 5 rings (SSSR count). The van der Waals surface area contributed by atoms with Gasteiger partial charge >= 0.3 is 0 Å². The highest BCUT2D eigenvalue weighted by Gasteiger charge is 2.36. The Kier molecular flexibility index (Phi) is 3.38. The predicted molar refractivity (Wildman–Crippen MR) is 95.7 cm³/mol. The molecule has 26 heavy (non-hydrogen) atoms. The highest BCUT2D eigenvalue weighted by Crippen LogP contribution is 2.38. The number of nitrogens with one attached hydrogen (secondary N) is 1. The van der Waals surface area contributed by atoms with Gasteiger partial charge in [0.25, 0.3) is 5.91 Å². The molecule has 6 nitrogen and oxygen atoms in total. The minimum absolute atomic E-state index is 0.177. The average Bonchev–Trinajstić information content (AvgIpc) is 3.25. The molecule has 2 amide bonds. The molecule has 2 aromatic rings. The number of ether oxygens (including phenoxy) is 2. The summed E-state index contributed by atoms with van der Waals surface area (Å²) >= 11 is 0. The number of hydrogen-bond acceptors (Lipinski definition) is 4. The van der Waals surface area contributed by atoms with E-state index in [1.807, 2.05) is 23.1 Å². The summed E-state index contributed by atoms with van der Waals surface area (Å²) in [6.07, 6.45) is 2.85. The van der Waals surface area contributed by atoms with Gasteiger partial charge in [0.05, 0.1) is 0 Å². The van der Waals surface area contributed by atoms with Gasteiger partial charge in [-0.1, -0.05) is 6.07 Å². The Bertz CT molecular complexity index is 920. The van der Waals surface area contributed by atoms with E-state index in [0.29, 0.717) is 22.7 Å². The number of fused-ring (bicyclic) bond motifs is 2. The molecule has 0 unspecified atom stereocenters. The van der Waals surface area contributed by atoms with Gasteiger partial charge in [0.2, 0.25) is 12.7 Å². The van der Waals surface area contributed by atoms with Gasteiger partial charge in [-0.25, -0.2) is 0 Å². The van der Waals surface area contributed by atoms with Crippen molar-refractivity contribution in [2.75, 3.05) is 23.6 Å². The van der Waals surface area contributed by atoms with E-state index in [9.17, 15) is 9.59 Å². The van der Waals surface area contributed by atoms with Crippen LogP contribution in [0.4, 0.5) is 11.4 Å². The van der Waals surface area contributed by atoms with E-state index >= 15 is 0 Å². The van der Waals surface area contributed by atoms with E-state index in [-0.39, 0.29) is 24.5 Å². The quantitative estimate of drug-likeness (QED) is 0.924. The first-order valence-electron chi connectivity index (χ1n) is 8.84. The zero-order valence-electron chi connectivity index (χ0n) is 14.2. The summed E-state index contributed by atoms with van der Waals surface area (Å²) < 4.78 is 10.6. The van der Waals surface area contributed by atoms with Crippen molar-refractivity contribution < 1.29 is 19.1 Å². The normalized spacial score (nSPS) is 17.2. The second-order valence-electron chi connectivity index (χ2n) is 6.88. The Balaban J connectivity index is 1.37. The number of benzene rings is 2. The van der Waals surface area contributed by atoms with E-state index < -0.39 is 0 Å². The molecule has 1 saturated carbocycles. The van der Waals surface area contributed by atoms with Gasteiger partial charge in [-0.05, 0) is 55.2 Å². The summed E-state index contributed by atoms with van der Waals surface area (Å²) in [5.74, 6) is 1.40. The van der Waals surface area contributed by atoms with Crippen molar-refractivity contribution in [3.63, 3.8) is 0 Å². The maximum Gasteiger partial charge on any atom is 0.255 e. The van der Waals surface area contributed by atoms with Gasteiger partial charge in [-0.15, -0.1) is 0 Å². The van der Waals surface area contributed by atoms with Crippen molar-refractivity contribution in [2.24, 2.45) is 5.92 Å². The predicted octanol–water partition coefficient (Wildman–Crippen LogP) is 2.97. The van der Waals surface area contributed by atoms with Crippen LogP contribution in [0.1, 0.15) is 28.8 Å². The molecule has 1 N–H and O–H groups in total. The van der Waals surface area contributed by atoms with Crippen LogP contribution in [0, 0.1) is 5.92 Å². The minimum atomic E-state index is -0.221. The zero-order chi connectivity index (χ0) is 17.7. The first-order chi connectivity index (χ1) is 12.7. The Hall–Kier alpha value is -3.02. The largest absolute Gasteiger partial charge is 0.454 e. The Labute approximate surface area is 150 Å². The highest BCUT2D eigenvalue weighted by molar-refractivity contribution is 6.05. The topological polar surface area (TPSA) is 67.9 Å². The van der Waals surface area contributed by atoms with Crippen LogP contribution in [0.5, 0.6) is 11.5 Å². The standard InChI is InChI=1S/C20H18N2O4/c23-19(14-4-6-17-18(9-14)26-11-25-17)21-15-5-3-12-7-8-22(16(12)10-15)20(24)13-1-2-13/h3-6,9-10,13H,1-2,7-8,11H2,(H,21,23). The molecule has 132 valence electrons. The third-order valence-electron chi connectivity index (χ3n) is 5.07. The molecule has 0 saturated heterocycles. The van der Waals surface area contributed by atoms with Crippen LogP contribution in [-0.2, 0) is 11.2 Å². The SMILES string of the molecule is O=C(Nc1ccc2c(c1)N(C(=O)C1CC1)CC2)c1ccc2c(c1)OCO2. The Morgan fingerprint density at radius 3 is 2.73 bits per heavy atom. The lowest BCUT2D eigenvalue weighted by atomic mass is 10.1. The van der Waals surface area contributed by atoms with Crippen LogP contribution in [-0.4, -0.2) is 25.2 Å². The summed E-state index contributed by atoms with van der Waals surface area (Å²) in [5.41, 5.74) is 3.26. The molecule has 2 heterocycles. The fraction of sp³-hybridized carbons (Fsp3) is 0.300. The number of rotatable bonds is 3. The van der Waals surface area contributed by atoms with E-state index in [2.05, 4.69) is 5.32 Å². The van der Waals surface area contributed by atoms with Crippen molar-refractivity contribution in [3.8, 4) is 11.5 Å². The number of nitrogens with zero attached hydrogens (tertiary/aromatic N) is 1. The molecule has 6 heteroatoms. The molecule has 1 fully saturated rings. The number of carbonyl (C=O) groups excluding carboxylic acids is 2. The van der Waals surface area contributed by atoms with E-state index in [1.165, 1.54) is 0 Å². The van der Waals surface area contributed by atoms with E-state index in [4.69, 9.17) is 9.47 Å². The third kappa shape index (κ3) is 2.58. The van der Waals surface area contributed by atoms with Crippen molar-refractivity contribution in [1.82, 2.24) is 0 Å². The van der Waals surface area contributed by atoms with Crippen LogP contribution < -0.4 is 19.7 Å². The molecular formula is C20H18N2O4. The lowest BCUT2D eigenvalue weighted by Crippen LogP contribution is -2.30. The van der Waals surface area contributed by atoms with Crippen LogP contribution in [0.2, 0.25) is 0 Å². The number of hydrogen-bond donors (Lipinski definition) is 1. The summed E-state index contributed by atoms with van der Waals surface area (Å²) in [7, 11) is 0. The molecule has 1 aliphatic carbocycles. The van der Waals surface area contributed by atoms with Crippen LogP contribution in [0.3, 0.4) is 0 Å². The minimum Gasteiger partial charge on any atom is -0.454 e. The zero-order valence-corrected chi connectivity index (χ0v) is 14.2. The van der Waals surface area contributed by atoms with Gasteiger partial charge < -0.3 is 19.7 Å². The molecule has 0 radical (unpaired) electrons. The second-order valence-corrected chi connectivity index (χ2v) is 6.88. The molecule has 0 spiro atoms. The van der Waals surface area contributed by atoms with Gasteiger partial charge in [0.15, 0.2) is 11.5 Å². The lowest BCUT2D eigenvalue weighted by molar-refractivity contribution is -0.119. The maximum atomic E-state index is 12.6. The van der Waals surface area contributed by atoms with Gasteiger partial charge in [-0.3, -0.25) is 9.59 Å². The summed E-state index contributed by atoms with van der Waals surface area (Å²) in [5, 5.41) is 2.91. The van der Waals surface area contributed by atoms with Crippen molar-refractivity contribution in [1.29, 1.82) is 0 Å². The van der Waals surface area contributed by atoms with Crippen molar-refractivity contribution in [3.05, 3.63) is 47.5 Å². The average molecular weight is 350 g/mol. The molecule has 2 aromatic carbocycles. The van der Waals surface area contributed by atoms with Crippen molar-refractivity contribution in [2.45, 2.75) is 19.3 Å². The fourth-order valence-electron chi connectivity index (χ4n) is 3.48. The molecular weight excluding hydrogens is 332 g/mol. The Morgan fingerprint density at radius 1 is 1.04 bits per heavy atom. The molecule has 0 atom stereocenters. The maximum absolute atomic E-state index is 12.6. The summed E-state index contributed by atoms with van der Waals surface area (Å²) in [6, 6.07) is 10.9. The second kappa shape index (κ2) is 5.76. The smallest absolute Gasteiger partial charge is 0.255 e. The van der Waals surface area contributed by atoms with E-state index in [0.717, 1.165) is 37.1 Å². The number of amides is 2. The number of carbonyl (C=O) groups is 2. The third-order valence-corrected chi connectivity index (χ3v) is 5.07. The highest BCUT2D eigenvalue weighted by atomic mass is 16.7. The lowest BCUT2D eigenvalue weighted by Gasteiger charge is -2.18. The fourth-order valence-corrected chi connectivity index (χ4v) is 3.48. The van der Waals surface area contributed by atoms with Crippen LogP contribution in [0.25, 0.3) is 0 Å². The summed E-state index contributed by atoms with van der Waals surface area (Å²) in [6.45, 7) is 0.903. The van der Waals surface area contributed by atoms with Gasteiger partial charge in [-0.2, -0.15) is 0 Å². The monoisotopic (exact) mass is 350 g/mol.